The molecular weight excluding hydrogens is 244 g/mol. The molecule has 6 nitrogen and oxygen atoms in total. The number of likely N-dealkylation sites (tertiary alicyclic amines) is 1. The highest BCUT2D eigenvalue weighted by molar-refractivity contribution is 5.86. The van der Waals surface area contributed by atoms with Gasteiger partial charge in [-0.3, -0.25) is 4.79 Å². The van der Waals surface area contributed by atoms with Crippen molar-refractivity contribution in [3.63, 3.8) is 0 Å². The maximum absolute atomic E-state index is 12.5. The Morgan fingerprint density at radius 3 is 2.63 bits per heavy atom. The minimum Gasteiger partial charge on any atom is -0.352 e. The molecule has 2 fully saturated rings. The first kappa shape index (κ1) is 14.1. The molecule has 1 heterocycles. The number of carbonyl (C=O) groups is 2. The molecule has 2 aliphatic rings. The summed E-state index contributed by atoms with van der Waals surface area (Å²) in [5.41, 5.74) is 10.5. The minimum atomic E-state index is -0.723. The molecule has 0 aromatic carbocycles. The van der Waals surface area contributed by atoms with Crippen molar-refractivity contribution >= 4 is 11.9 Å². The zero-order valence-electron chi connectivity index (χ0n) is 11.5. The van der Waals surface area contributed by atoms with Crippen LogP contribution >= 0.6 is 0 Å². The van der Waals surface area contributed by atoms with Gasteiger partial charge in [0.05, 0.1) is 5.54 Å². The van der Waals surface area contributed by atoms with Crippen LogP contribution in [0.2, 0.25) is 0 Å². The molecule has 108 valence electrons. The van der Waals surface area contributed by atoms with E-state index in [4.69, 9.17) is 11.5 Å². The van der Waals surface area contributed by atoms with Crippen LogP contribution in [0.3, 0.4) is 0 Å². The maximum Gasteiger partial charge on any atom is 0.312 e. The molecular formula is C13H24N4O2. The molecule has 2 rings (SSSR count). The number of piperidine rings is 1. The number of hydrogen-bond donors (Lipinski definition) is 3. The average molecular weight is 268 g/mol. The van der Waals surface area contributed by atoms with E-state index in [-0.39, 0.29) is 11.8 Å². The third-order valence-electron chi connectivity index (χ3n) is 4.26. The molecule has 1 aliphatic carbocycles. The minimum absolute atomic E-state index is 0.0544. The van der Waals surface area contributed by atoms with Gasteiger partial charge in [0, 0.05) is 19.6 Å². The first-order valence-electron chi connectivity index (χ1n) is 7.03. The molecule has 0 aromatic heterocycles. The fraction of sp³-hybridized carbons (Fsp3) is 0.846. The fourth-order valence-electron chi connectivity index (χ4n) is 2.86. The van der Waals surface area contributed by atoms with E-state index in [0.29, 0.717) is 19.0 Å². The molecule has 1 saturated heterocycles. The van der Waals surface area contributed by atoms with Crippen molar-refractivity contribution in [2.75, 3.05) is 19.6 Å². The zero-order chi connectivity index (χ0) is 14.0. The predicted octanol–water partition coefficient (Wildman–Crippen LogP) is 0.0207. The number of hydrogen-bond acceptors (Lipinski definition) is 3. The third-order valence-corrected chi connectivity index (χ3v) is 4.26. The molecule has 6 heteroatoms. The van der Waals surface area contributed by atoms with Crippen LogP contribution in [0.4, 0.5) is 4.79 Å². The van der Waals surface area contributed by atoms with Crippen molar-refractivity contribution in [3.05, 3.63) is 0 Å². The summed E-state index contributed by atoms with van der Waals surface area (Å²) in [6.45, 7) is 3.81. The van der Waals surface area contributed by atoms with E-state index >= 15 is 0 Å². The highest BCUT2D eigenvalue weighted by atomic mass is 16.2. The SMILES string of the molecule is CC(N)(C(=O)N1CCCC(CNC(N)=O)C1)C1CC1. The van der Waals surface area contributed by atoms with Gasteiger partial charge in [-0.25, -0.2) is 4.79 Å². The number of nitrogens with two attached hydrogens (primary N) is 2. The monoisotopic (exact) mass is 268 g/mol. The molecule has 1 aliphatic heterocycles. The lowest BCUT2D eigenvalue weighted by Gasteiger charge is -2.37. The zero-order valence-corrected chi connectivity index (χ0v) is 11.5. The number of urea groups is 1. The first-order chi connectivity index (χ1) is 8.91. The molecule has 0 spiro atoms. The van der Waals surface area contributed by atoms with E-state index in [1.165, 1.54) is 0 Å². The Balaban J connectivity index is 1.89. The molecule has 1 saturated carbocycles. The topological polar surface area (TPSA) is 101 Å². The highest BCUT2D eigenvalue weighted by Crippen LogP contribution is 2.39. The van der Waals surface area contributed by atoms with Crippen molar-refractivity contribution in [2.24, 2.45) is 23.3 Å². The fourth-order valence-corrected chi connectivity index (χ4v) is 2.86. The van der Waals surface area contributed by atoms with Crippen molar-refractivity contribution in [3.8, 4) is 0 Å². The van der Waals surface area contributed by atoms with Gasteiger partial charge in [-0.05, 0) is 44.4 Å². The van der Waals surface area contributed by atoms with E-state index in [1.807, 2.05) is 11.8 Å². The van der Waals surface area contributed by atoms with Crippen LogP contribution in [-0.2, 0) is 4.79 Å². The van der Waals surface area contributed by atoms with E-state index in [9.17, 15) is 9.59 Å². The Hall–Kier alpha value is -1.30. The second-order valence-electron chi connectivity index (χ2n) is 6.06. The summed E-state index contributed by atoms with van der Waals surface area (Å²) in [7, 11) is 0. The summed E-state index contributed by atoms with van der Waals surface area (Å²) >= 11 is 0. The van der Waals surface area contributed by atoms with Crippen LogP contribution in [0.1, 0.15) is 32.6 Å². The molecule has 2 unspecified atom stereocenters. The Morgan fingerprint density at radius 1 is 1.37 bits per heavy atom. The number of primary amides is 1. The molecule has 0 radical (unpaired) electrons. The molecule has 5 N–H and O–H groups in total. The summed E-state index contributed by atoms with van der Waals surface area (Å²) in [5, 5.41) is 2.62. The van der Waals surface area contributed by atoms with E-state index in [1.54, 1.807) is 0 Å². The maximum atomic E-state index is 12.5. The largest absolute Gasteiger partial charge is 0.352 e. The van der Waals surface area contributed by atoms with Crippen LogP contribution in [0, 0.1) is 11.8 Å². The van der Waals surface area contributed by atoms with Crippen LogP contribution in [0.5, 0.6) is 0 Å². The van der Waals surface area contributed by atoms with E-state index in [2.05, 4.69) is 5.32 Å². The Bertz CT molecular complexity index is 366. The van der Waals surface area contributed by atoms with Gasteiger partial charge in [0.25, 0.3) is 0 Å². The number of nitrogens with one attached hydrogen (secondary N) is 1. The number of carbonyl (C=O) groups excluding carboxylic acids is 2. The highest BCUT2D eigenvalue weighted by Gasteiger charge is 2.46. The van der Waals surface area contributed by atoms with Crippen molar-refractivity contribution in [1.82, 2.24) is 10.2 Å². The standard InChI is InChI=1S/C13H24N4O2/c1-13(15,10-4-5-10)11(18)17-6-2-3-9(8-17)7-16-12(14)19/h9-10H,2-8,15H2,1H3,(H3,14,16,19). The predicted molar refractivity (Wildman–Crippen MR) is 72.2 cm³/mol. The molecule has 0 aromatic rings. The van der Waals surface area contributed by atoms with Crippen molar-refractivity contribution in [1.29, 1.82) is 0 Å². The average Bonchev–Trinajstić information content (AvgIpc) is 3.20. The lowest BCUT2D eigenvalue weighted by molar-refractivity contribution is -0.139. The van der Waals surface area contributed by atoms with Gasteiger partial charge in [-0.1, -0.05) is 0 Å². The Kier molecular flexibility index (Phi) is 3.99. The number of amides is 3. The molecule has 2 atom stereocenters. The van der Waals surface area contributed by atoms with Crippen LogP contribution in [-0.4, -0.2) is 42.0 Å². The van der Waals surface area contributed by atoms with Crippen molar-refractivity contribution in [2.45, 2.75) is 38.1 Å². The summed E-state index contributed by atoms with van der Waals surface area (Å²) in [6, 6.07) is -0.509. The number of nitrogens with zero attached hydrogens (tertiary/aromatic N) is 1. The molecule has 3 amide bonds. The van der Waals surface area contributed by atoms with Crippen LogP contribution < -0.4 is 16.8 Å². The second kappa shape index (κ2) is 5.36. The van der Waals surface area contributed by atoms with Gasteiger partial charge in [-0.2, -0.15) is 0 Å². The lowest BCUT2D eigenvalue weighted by atomic mass is 9.91. The smallest absolute Gasteiger partial charge is 0.312 e. The van der Waals surface area contributed by atoms with Gasteiger partial charge in [-0.15, -0.1) is 0 Å². The van der Waals surface area contributed by atoms with Gasteiger partial charge < -0.3 is 21.7 Å². The normalized spacial score (nSPS) is 26.6. The van der Waals surface area contributed by atoms with E-state index < -0.39 is 11.6 Å². The quantitative estimate of drug-likeness (QED) is 0.670. The van der Waals surface area contributed by atoms with Gasteiger partial charge in [0.2, 0.25) is 5.91 Å². The third kappa shape index (κ3) is 3.37. The molecule has 0 bridgehead atoms. The Morgan fingerprint density at radius 2 is 2.05 bits per heavy atom. The summed E-state index contributed by atoms with van der Waals surface area (Å²) in [6.07, 6.45) is 4.07. The van der Waals surface area contributed by atoms with Crippen molar-refractivity contribution < 1.29 is 9.59 Å². The summed E-state index contributed by atoms with van der Waals surface area (Å²) in [5.74, 6) is 0.670. The van der Waals surface area contributed by atoms with Crippen LogP contribution in [0.15, 0.2) is 0 Å². The Labute approximate surface area is 113 Å². The second-order valence-corrected chi connectivity index (χ2v) is 6.06. The van der Waals surface area contributed by atoms with E-state index in [0.717, 1.165) is 32.2 Å². The first-order valence-corrected chi connectivity index (χ1v) is 7.03. The van der Waals surface area contributed by atoms with Gasteiger partial charge in [0.15, 0.2) is 0 Å². The van der Waals surface area contributed by atoms with Gasteiger partial charge >= 0.3 is 6.03 Å². The van der Waals surface area contributed by atoms with Gasteiger partial charge in [0.1, 0.15) is 0 Å². The van der Waals surface area contributed by atoms with Crippen LogP contribution in [0.25, 0.3) is 0 Å². The summed E-state index contributed by atoms with van der Waals surface area (Å²) < 4.78 is 0. The number of rotatable bonds is 4. The lowest BCUT2D eigenvalue weighted by Crippen LogP contribution is -2.57. The molecule has 19 heavy (non-hydrogen) atoms. The summed E-state index contributed by atoms with van der Waals surface area (Å²) in [4.78, 5) is 25.1.